The highest BCUT2D eigenvalue weighted by Gasteiger charge is 2.11. The Morgan fingerprint density at radius 1 is 1.05 bits per heavy atom. The minimum Gasteiger partial charge on any atom is -0.456 e. The van der Waals surface area contributed by atoms with Gasteiger partial charge in [0.15, 0.2) is 5.69 Å². The lowest BCUT2D eigenvalue weighted by Gasteiger charge is -2.03. The number of carbonyl (C=O) groups excluding carboxylic acids is 1. The van der Waals surface area contributed by atoms with Gasteiger partial charge in [0.1, 0.15) is 6.61 Å². The molecule has 0 saturated carbocycles. The molecule has 2 aromatic carbocycles. The Morgan fingerprint density at radius 2 is 1.77 bits per heavy atom. The van der Waals surface area contributed by atoms with Gasteiger partial charge < -0.3 is 10.5 Å². The van der Waals surface area contributed by atoms with Crippen molar-refractivity contribution in [3.8, 4) is 5.69 Å². The molecule has 0 aliphatic rings. The van der Waals surface area contributed by atoms with Gasteiger partial charge in [-0.25, -0.2) is 9.48 Å². The van der Waals surface area contributed by atoms with E-state index < -0.39 is 5.97 Å². The Balaban J connectivity index is 1.68. The van der Waals surface area contributed by atoms with Crippen molar-refractivity contribution in [1.29, 1.82) is 0 Å². The number of ether oxygens (including phenoxy) is 1. The zero-order valence-corrected chi connectivity index (χ0v) is 11.8. The van der Waals surface area contributed by atoms with Gasteiger partial charge >= 0.3 is 5.97 Å². The predicted molar refractivity (Wildman–Crippen MR) is 83.5 cm³/mol. The minimum atomic E-state index is -0.446. The monoisotopic (exact) mass is 293 g/mol. The van der Waals surface area contributed by atoms with Crippen molar-refractivity contribution in [2.24, 2.45) is 0 Å². The fourth-order valence-electron chi connectivity index (χ4n) is 2.00. The van der Waals surface area contributed by atoms with Crippen LogP contribution in [0.5, 0.6) is 0 Å². The predicted octanol–water partition coefficient (Wildman–Crippen LogP) is 2.81. The Kier molecular flexibility index (Phi) is 3.87. The van der Waals surface area contributed by atoms with Crippen LogP contribution in [0.15, 0.2) is 66.9 Å². The largest absolute Gasteiger partial charge is 0.456 e. The minimum absolute atomic E-state index is 0.231. The van der Waals surface area contributed by atoms with Gasteiger partial charge in [-0.05, 0) is 35.9 Å². The number of benzene rings is 2. The van der Waals surface area contributed by atoms with Crippen molar-refractivity contribution < 1.29 is 9.53 Å². The van der Waals surface area contributed by atoms with Gasteiger partial charge in [-0.2, -0.15) is 5.10 Å². The molecular weight excluding hydrogens is 278 g/mol. The molecule has 22 heavy (non-hydrogen) atoms. The highest BCUT2D eigenvalue weighted by atomic mass is 16.5. The molecule has 0 aliphatic heterocycles. The highest BCUT2D eigenvalue weighted by molar-refractivity contribution is 5.87. The average molecular weight is 293 g/mol. The molecule has 0 amide bonds. The van der Waals surface area contributed by atoms with Crippen LogP contribution >= 0.6 is 0 Å². The van der Waals surface area contributed by atoms with Crippen LogP contribution in [0.3, 0.4) is 0 Å². The smallest absolute Gasteiger partial charge is 0.359 e. The van der Waals surface area contributed by atoms with Crippen molar-refractivity contribution >= 4 is 11.7 Å². The number of nitrogens with zero attached hydrogens (tertiary/aromatic N) is 2. The molecule has 5 heteroatoms. The summed E-state index contributed by atoms with van der Waals surface area (Å²) in [6, 6.07) is 18.4. The molecule has 0 unspecified atom stereocenters. The Hall–Kier alpha value is -3.08. The summed E-state index contributed by atoms with van der Waals surface area (Å²) in [7, 11) is 0. The van der Waals surface area contributed by atoms with Gasteiger partial charge in [0, 0.05) is 11.9 Å². The van der Waals surface area contributed by atoms with Crippen molar-refractivity contribution in [2.75, 3.05) is 5.73 Å². The maximum Gasteiger partial charge on any atom is 0.359 e. The molecule has 0 saturated heterocycles. The first-order valence-electron chi connectivity index (χ1n) is 6.85. The molecule has 110 valence electrons. The Morgan fingerprint density at radius 3 is 2.50 bits per heavy atom. The second-order valence-electron chi connectivity index (χ2n) is 4.80. The van der Waals surface area contributed by atoms with Crippen molar-refractivity contribution in [3.63, 3.8) is 0 Å². The Bertz CT molecular complexity index is 764. The normalized spacial score (nSPS) is 10.4. The van der Waals surface area contributed by atoms with Crippen LogP contribution < -0.4 is 5.73 Å². The number of hydrogen-bond acceptors (Lipinski definition) is 4. The second kappa shape index (κ2) is 6.13. The summed E-state index contributed by atoms with van der Waals surface area (Å²) in [6.07, 6.45) is 1.71. The third-order valence-electron chi connectivity index (χ3n) is 3.17. The summed E-state index contributed by atoms with van der Waals surface area (Å²) in [5.74, 6) is -0.446. The number of nitrogen functional groups attached to an aromatic ring is 1. The molecule has 2 N–H and O–H groups in total. The molecule has 0 bridgehead atoms. The van der Waals surface area contributed by atoms with Gasteiger partial charge in [0.2, 0.25) is 0 Å². The maximum atomic E-state index is 12.0. The van der Waals surface area contributed by atoms with Crippen molar-refractivity contribution in [1.82, 2.24) is 9.78 Å². The molecule has 1 aromatic heterocycles. The summed E-state index contributed by atoms with van der Waals surface area (Å²) in [5, 5.41) is 4.22. The number of aromatic nitrogens is 2. The number of carbonyl (C=O) groups is 1. The van der Waals surface area contributed by atoms with Crippen LogP contribution in [0.2, 0.25) is 0 Å². The van der Waals surface area contributed by atoms with E-state index >= 15 is 0 Å². The topological polar surface area (TPSA) is 70.1 Å². The van der Waals surface area contributed by atoms with E-state index in [0.717, 1.165) is 11.3 Å². The van der Waals surface area contributed by atoms with E-state index in [-0.39, 0.29) is 12.3 Å². The van der Waals surface area contributed by atoms with Crippen LogP contribution in [0.1, 0.15) is 16.1 Å². The standard InChI is InChI=1S/C17H15N3O2/c18-14-6-8-15(9-7-14)20-11-10-16(19-20)17(21)22-12-13-4-2-1-3-5-13/h1-11H,12,18H2. The van der Waals surface area contributed by atoms with Crippen molar-refractivity contribution in [3.05, 3.63) is 78.1 Å². The summed E-state index contributed by atoms with van der Waals surface area (Å²) in [6.45, 7) is 0.231. The number of anilines is 1. The number of hydrogen-bond donors (Lipinski definition) is 1. The number of rotatable bonds is 4. The molecule has 0 aliphatic carbocycles. The summed E-state index contributed by atoms with van der Waals surface area (Å²) < 4.78 is 6.86. The van der Waals surface area contributed by atoms with E-state index in [0.29, 0.717) is 5.69 Å². The first-order valence-corrected chi connectivity index (χ1v) is 6.85. The van der Waals surface area contributed by atoms with Crippen LogP contribution in [-0.2, 0) is 11.3 Å². The zero-order chi connectivity index (χ0) is 15.4. The van der Waals surface area contributed by atoms with E-state index in [1.54, 1.807) is 29.1 Å². The van der Waals surface area contributed by atoms with Gasteiger partial charge in [-0.3, -0.25) is 0 Å². The van der Waals surface area contributed by atoms with Crippen LogP contribution in [0.4, 0.5) is 5.69 Å². The molecule has 1 heterocycles. The first-order chi connectivity index (χ1) is 10.7. The van der Waals surface area contributed by atoms with E-state index in [2.05, 4.69) is 5.10 Å². The molecular formula is C17H15N3O2. The van der Waals surface area contributed by atoms with Gasteiger partial charge in [0.05, 0.1) is 5.69 Å². The van der Waals surface area contributed by atoms with E-state index in [9.17, 15) is 4.79 Å². The summed E-state index contributed by atoms with van der Waals surface area (Å²) in [5.41, 5.74) is 8.37. The lowest BCUT2D eigenvalue weighted by molar-refractivity contribution is 0.0465. The zero-order valence-electron chi connectivity index (χ0n) is 11.8. The Labute approximate surface area is 127 Å². The molecule has 3 rings (SSSR count). The molecule has 5 nitrogen and oxygen atoms in total. The van der Waals surface area contributed by atoms with Crippen LogP contribution in [-0.4, -0.2) is 15.7 Å². The second-order valence-corrected chi connectivity index (χ2v) is 4.80. The third-order valence-corrected chi connectivity index (χ3v) is 3.17. The highest BCUT2D eigenvalue weighted by Crippen LogP contribution is 2.11. The maximum absolute atomic E-state index is 12.0. The van der Waals surface area contributed by atoms with Gasteiger partial charge in [-0.15, -0.1) is 0 Å². The number of nitrogens with two attached hydrogens (primary N) is 1. The van der Waals surface area contributed by atoms with Gasteiger partial charge in [-0.1, -0.05) is 30.3 Å². The van der Waals surface area contributed by atoms with E-state index in [1.807, 2.05) is 42.5 Å². The fourth-order valence-corrected chi connectivity index (χ4v) is 2.00. The SMILES string of the molecule is Nc1ccc(-n2ccc(C(=O)OCc3ccccc3)n2)cc1. The number of esters is 1. The van der Waals surface area contributed by atoms with Crippen molar-refractivity contribution in [2.45, 2.75) is 6.61 Å². The van der Waals surface area contributed by atoms with Crippen LogP contribution in [0, 0.1) is 0 Å². The molecule has 0 fully saturated rings. The van der Waals surface area contributed by atoms with E-state index in [1.165, 1.54) is 0 Å². The third kappa shape index (κ3) is 3.15. The molecule has 0 spiro atoms. The lowest BCUT2D eigenvalue weighted by atomic mass is 10.2. The first kappa shape index (κ1) is 13.9. The molecule has 0 atom stereocenters. The average Bonchev–Trinajstić information content (AvgIpc) is 3.04. The molecule has 3 aromatic rings. The quantitative estimate of drug-likeness (QED) is 0.593. The van der Waals surface area contributed by atoms with Gasteiger partial charge in [0.25, 0.3) is 0 Å². The van der Waals surface area contributed by atoms with Crippen LogP contribution in [0.25, 0.3) is 5.69 Å². The van der Waals surface area contributed by atoms with E-state index in [4.69, 9.17) is 10.5 Å². The summed E-state index contributed by atoms with van der Waals surface area (Å²) >= 11 is 0. The molecule has 0 radical (unpaired) electrons. The summed E-state index contributed by atoms with van der Waals surface area (Å²) in [4.78, 5) is 12.0. The lowest BCUT2D eigenvalue weighted by Crippen LogP contribution is -2.07. The fraction of sp³-hybridized carbons (Fsp3) is 0.0588.